The van der Waals surface area contributed by atoms with Crippen molar-refractivity contribution in [1.82, 2.24) is 10.2 Å². The molecule has 1 aliphatic rings. The summed E-state index contributed by atoms with van der Waals surface area (Å²) in [6, 6.07) is -0.264. The quantitative estimate of drug-likeness (QED) is 0.614. The molecule has 0 saturated carbocycles. The third-order valence-electron chi connectivity index (χ3n) is 2.25. The van der Waals surface area contributed by atoms with Crippen LogP contribution < -0.4 is 11.1 Å². The first-order chi connectivity index (χ1) is 7.15. The molecule has 0 radical (unpaired) electrons. The van der Waals surface area contributed by atoms with Gasteiger partial charge in [0, 0.05) is 19.6 Å². The Hall–Kier alpha value is -0.720. The number of hydrogen-bond donors (Lipinski definition) is 2. The van der Waals surface area contributed by atoms with E-state index < -0.39 is 0 Å². The van der Waals surface area contributed by atoms with E-state index in [0.29, 0.717) is 37.8 Å². The lowest BCUT2D eigenvalue weighted by atomic mass is 10.2. The number of likely N-dealkylation sites (N-methyl/N-ethyl adjacent to an activating group) is 1. The average molecular weight is 231 g/mol. The highest BCUT2D eigenvalue weighted by Crippen LogP contribution is 2.06. The Bertz CT molecular complexity index is 248. The standard InChI is InChI=1S/C9H17N3O2S/c1-2-11-9(13)7-6-14-4-3-12(7)5-8(10)15/h7H,2-6H2,1H3,(H2,10,15)(H,11,13). The fraction of sp³-hybridized carbons (Fsp3) is 0.778. The zero-order valence-electron chi connectivity index (χ0n) is 8.86. The summed E-state index contributed by atoms with van der Waals surface area (Å²) in [4.78, 5) is 14.0. The van der Waals surface area contributed by atoms with E-state index in [4.69, 9.17) is 22.7 Å². The lowest BCUT2D eigenvalue weighted by Gasteiger charge is -2.33. The summed E-state index contributed by atoms with van der Waals surface area (Å²) in [5, 5.41) is 2.77. The third-order valence-corrected chi connectivity index (χ3v) is 2.38. The van der Waals surface area contributed by atoms with E-state index in [-0.39, 0.29) is 11.9 Å². The van der Waals surface area contributed by atoms with Crippen molar-refractivity contribution in [3.8, 4) is 0 Å². The minimum Gasteiger partial charge on any atom is -0.392 e. The van der Waals surface area contributed by atoms with E-state index in [1.54, 1.807) is 0 Å². The van der Waals surface area contributed by atoms with Gasteiger partial charge in [-0.1, -0.05) is 12.2 Å². The van der Waals surface area contributed by atoms with Crippen LogP contribution in [0, 0.1) is 0 Å². The fourth-order valence-electron chi connectivity index (χ4n) is 1.56. The highest BCUT2D eigenvalue weighted by Gasteiger charge is 2.28. The smallest absolute Gasteiger partial charge is 0.239 e. The van der Waals surface area contributed by atoms with Crippen LogP contribution in [0.15, 0.2) is 0 Å². The van der Waals surface area contributed by atoms with Gasteiger partial charge < -0.3 is 15.8 Å². The molecule has 5 nitrogen and oxygen atoms in total. The van der Waals surface area contributed by atoms with Crippen molar-refractivity contribution in [3.63, 3.8) is 0 Å². The van der Waals surface area contributed by atoms with Gasteiger partial charge in [0.15, 0.2) is 0 Å². The molecule has 15 heavy (non-hydrogen) atoms. The molecule has 1 aliphatic heterocycles. The Morgan fingerprint density at radius 2 is 2.47 bits per heavy atom. The highest BCUT2D eigenvalue weighted by atomic mass is 32.1. The van der Waals surface area contributed by atoms with Crippen LogP contribution >= 0.6 is 12.2 Å². The second kappa shape index (κ2) is 5.99. The second-order valence-corrected chi connectivity index (χ2v) is 3.95. The van der Waals surface area contributed by atoms with E-state index in [1.807, 2.05) is 11.8 Å². The number of hydrogen-bond acceptors (Lipinski definition) is 4. The Balaban J connectivity index is 2.56. The number of amides is 1. The number of carbonyl (C=O) groups excluding carboxylic acids is 1. The summed E-state index contributed by atoms with van der Waals surface area (Å²) >= 11 is 4.84. The van der Waals surface area contributed by atoms with Crippen LogP contribution in [0.25, 0.3) is 0 Å². The zero-order chi connectivity index (χ0) is 11.3. The number of ether oxygens (including phenoxy) is 1. The molecule has 1 saturated heterocycles. The van der Waals surface area contributed by atoms with Crippen LogP contribution in [-0.4, -0.2) is 54.7 Å². The Morgan fingerprint density at radius 1 is 1.73 bits per heavy atom. The molecule has 0 bridgehead atoms. The molecular weight excluding hydrogens is 214 g/mol. The molecule has 0 aromatic carbocycles. The molecule has 1 rings (SSSR count). The molecule has 86 valence electrons. The number of morpholine rings is 1. The summed E-state index contributed by atoms with van der Waals surface area (Å²) < 4.78 is 5.27. The van der Waals surface area contributed by atoms with Crippen LogP contribution in [0.5, 0.6) is 0 Å². The SMILES string of the molecule is CCNC(=O)C1COCCN1CC(N)=S. The number of thiocarbonyl (C=S) groups is 1. The van der Waals surface area contributed by atoms with Crippen molar-refractivity contribution < 1.29 is 9.53 Å². The monoisotopic (exact) mass is 231 g/mol. The van der Waals surface area contributed by atoms with Gasteiger partial charge in [-0.05, 0) is 6.92 Å². The van der Waals surface area contributed by atoms with E-state index >= 15 is 0 Å². The number of nitrogens with two attached hydrogens (primary N) is 1. The first-order valence-corrected chi connectivity index (χ1v) is 5.43. The molecule has 1 atom stereocenters. The molecule has 6 heteroatoms. The number of nitrogens with one attached hydrogen (secondary N) is 1. The Labute approximate surface area is 94.9 Å². The minimum absolute atomic E-state index is 0.0200. The van der Waals surface area contributed by atoms with Crippen LogP contribution in [0.1, 0.15) is 6.92 Å². The summed E-state index contributed by atoms with van der Waals surface area (Å²) in [6.07, 6.45) is 0. The van der Waals surface area contributed by atoms with Gasteiger partial charge in [-0.25, -0.2) is 0 Å². The summed E-state index contributed by atoms with van der Waals surface area (Å²) in [7, 11) is 0. The van der Waals surface area contributed by atoms with Gasteiger partial charge in [0.25, 0.3) is 0 Å². The van der Waals surface area contributed by atoms with Crippen LogP contribution in [0.2, 0.25) is 0 Å². The van der Waals surface area contributed by atoms with Gasteiger partial charge in [-0.3, -0.25) is 9.69 Å². The van der Waals surface area contributed by atoms with Gasteiger partial charge >= 0.3 is 0 Å². The largest absolute Gasteiger partial charge is 0.392 e. The Kier molecular flexibility index (Phi) is 4.93. The van der Waals surface area contributed by atoms with Gasteiger partial charge in [0.1, 0.15) is 6.04 Å². The van der Waals surface area contributed by atoms with Gasteiger partial charge in [0.05, 0.1) is 18.2 Å². The normalized spacial score (nSPS) is 22.3. The Morgan fingerprint density at radius 3 is 3.07 bits per heavy atom. The molecule has 1 heterocycles. The van der Waals surface area contributed by atoms with Gasteiger partial charge in [0.2, 0.25) is 5.91 Å². The maximum atomic E-state index is 11.7. The molecule has 1 amide bonds. The highest BCUT2D eigenvalue weighted by molar-refractivity contribution is 7.80. The van der Waals surface area contributed by atoms with Crippen molar-refractivity contribution >= 4 is 23.1 Å². The van der Waals surface area contributed by atoms with Crippen molar-refractivity contribution in [3.05, 3.63) is 0 Å². The molecular formula is C9H17N3O2S. The maximum Gasteiger partial charge on any atom is 0.239 e. The minimum atomic E-state index is -0.264. The molecule has 1 fully saturated rings. The third kappa shape index (κ3) is 3.73. The molecule has 0 spiro atoms. The zero-order valence-corrected chi connectivity index (χ0v) is 9.68. The van der Waals surface area contributed by atoms with Crippen LogP contribution in [0.4, 0.5) is 0 Å². The number of carbonyl (C=O) groups is 1. The van der Waals surface area contributed by atoms with Crippen molar-refractivity contribution in [1.29, 1.82) is 0 Å². The summed E-state index contributed by atoms with van der Waals surface area (Å²) in [6.45, 7) is 4.71. The van der Waals surface area contributed by atoms with E-state index in [9.17, 15) is 4.79 Å². The van der Waals surface area contributed by atoms with E-state index in [2.05, 4.69) is 5.32 Å². The van der Waals surface area contributed by atoms with Crippen molar-refractivity contribution in [2.45, 2.75) is 13.0 Å². The predicted molar refractivity (Wildman–Crippen MR) is 61.6 cm³/mol. The lowest BCUT2D eigenvalue weighted by Crippen LogP contribution is -2.55. The van der Waals surface area contributed by atoms with Crippen molar-refractivity contribution in [2.75, 3.05) is 32.8 Å². The molecule has 0 aromatic heterocycles. The first kappa shape index (κ1) is 12.4. The maximum absolute atomic E-state index is 11.7. The molecule has 0 aromatic rings. The van der Waals surface area contributed by atoms with E-state index in [1.165, 1.54) is 0 Å². The van der Waals surface area contributed by atoms with Gasteiger partial charge in [-0.2, -0.15) is 0 Å². The van der Waals surface area contributed by atoms with Crippen LogP contribution in [0.3, 0.4) is 0 Å². The second-order valence-electron chi connectivity index (χ2n) is 3.42. The fourth-order valence-corrected chi connectivity index (χ4v) is 1.73. The average Bonchev–Trinajstić information content (AvgIpc) is 2.18. The summed E-state index contributed by atoms with van der Waals surface area (Å²) in [5.41, 5.74) is 5.48. The summed E-state index contributed by atoms with van der Waals surface area (Å²) in [5.74, 6) is -0.0200. The number of rotatable bonds is 4. The molecule has 0 aliphatic carbocycles. The number of nitrogens with zero attached hydrogens (tertiary/aromatic N) is 1. The van der Waals surface area contributed by atoms with Crippen LogP contribution in [-0.2, 0) is 9.53 Å². The molecule has 1 unspecified atom stereocenters. The molecule has 3 N–H and O–H groups in total. The van der Waals surface area contributed by atoms with Gasteiger partial charge in [-0.15, -0.1) is 0 Å². The first-order valence-electron chi connectivity index (χ1n) is 5.03. The van der Waals surface area contributed by atoms with E-state index in [0.717, 1.165) is 0 Å². The predicted octanol–water partition coefficient (Wildman–Crippen LogP) is -0.891. The lowest BCUT2D eigenvalue weighted by molar-refractivity contribution is -0.131. The van der Waals surface area contributed by atoms with Crippen molar-refractivity contribution in [2.24, 2.45) is 5.73 Å². The topological polar surface area (TPSA) is 67.6 Å².